The summed E-state index contributed by atoms with van der Waals surface area (Å²) in [5.74, 6) is -1.34. The van der Waals surface area contributed by atoms with Gasteiger partial charge in [0.1, 0.15) is 11.5 Å². The molecular weight excluding hydrogens is 291 g/mol. The van der Waals surface area contributed by atoms with E-state index in [1.54, 1.807) is 0 Å². The molecule has 0 unspecified atom stereocenters. The molecular formula is C9H3ClF7N. The van der Waals surface area contributed by atoms with Crippen molar-refractivity contribution in [3.63, 3.8) is 0 Å². The summed E-state index contributed by atoms with van der Waals surface area (Å²) < 4.78 is 85.7. The van der Waals surface area contributed by atoms with E-state index in [1.165, 1.54) is 0 Å². The van der Waals surface area contributed by atoms with Gasteiger partial charge in [0, 0.05) is 0 Å². The first-order chi connectivity index (χ1) is 8.01. The Hall–Kier alpha value is -1.31. The van der Waals surface area contributed by atoms with Crippen LogP contribution in [0, 0.1) is 5.82 Å². The largest absolute Gasteiger partial charge is 0.444 e. The summed E-state index contributed by atoms with van der Waals surface area (Å²) >= 11 is 4.71. The Kier molecular flexibility index (Phi) is 3.89. The van der Waals surface area contributed by atoms with Gasteiger partial charge in [-0.1, -0.05) is 11.6 Å². The fourth-order valence-corrected chi connectivity index (χ4v) is 1.03. The summed E-state index contributed by atoms with van der Waals surface area (Å²) in [6.07, 6.45) is -9.87. The molecule has 1 aromatic rings. The second kappa shape index (κ2) is 4.75. The molecule has 100 valence electrons. The Morgan fingerprint density at radius 2 is 1.61 bits per heavy atom. The van der Waals surface area contributed by atoms with Gasteiger partial charge in [-0.2, -0.15) is 26.3 Å². The SMILES string of the molecule is Fc1ccc(C(F)(F)F)cc1N=C(Cl)C(F)(F)F. The Morgan fingerprint density at radius 3 is 2.06 bits per heavy atom. The van der Waals surface area contributed by atoms with Gasteiger partial charge in [0.2, 0.25) is 5.17 Å². The summed E-state index contributed by atoms with van der Waals surface area (Å²) in [7, 11) is 0. The molecule has 0 saturated carbocycles. The molecule has 0 aliphatic rings. The third kappa shape index (κ3) is 3.59. The van der Waals surface area contributed by atoms with Crippen LogP contribution in [0.15, 0.2) is 23.2 Å². The van der Waals surface area contributed by atoms with Gasteiger partial charge in [-0.05, 0) is 18.2 Å². The van der Waals surface area contributed by atoms with E-state index < -0.39 is 34.6 Å². The molecule has 0 bridgehead atoms. The fourth-order valence-electron chi connectivity index (χ4n) is 0.944. The molecule has 1 rings (SSSR count). The van der Waals surface area contributed by atoms with Crippen LogP contribution in [0.3, 0.4) is 0 Å². The molecule has 0 N–H and O–H groups in total. The summed E-state index contributed by atoms with van der Waals surface area (Å²) in [6.45, 7) is 0. The zero-order chi connectivity index (χ0) is 14.1. The van der Waals surface area contributed by atoms with Gasteiger partial charge in [-0.15, -0.1) is 0 Å². The number of benzene rings is 1. The van der Waals surface area contributed by atoms with E-state index in [4.69, 9.17) is 11.6 Å². The number of hydrogen-bond acceptors (Lipinski definition) is 1. The van der Waals surface area contributed by atoms with Gasteiger partial charge in [0.15, 0.2) is 0 Å². The van der Waals surface area contributed by atoms with Crippen molar-refractivity contribution in [3.8, 4) is 0 Å². The van der Waals surface area contributed by atoms with Crippen molar-refractivity contribution in [1.29, 1.82) is 0 Å². The summed E-state index contributed by atoms with van der Waals surface area (Å²) in [5, 5.41) is -1.96. The van der Waals surface area contributed by atoms with E-state index in [1.807, 2.05) is 0 Å². The van der Waals surface area contributed by atoms with Crippen LogP contribution in [0.1, 0.15) is 5.56 Å². The average molecular weight is 294 g/mol. The molecule has 0 atom stereocenters. The highest BCUT2D eigenvalue weighted by atomic mass is 35.5. The normalized spacial score (nSPS) is 13.9. The van der Waals surface area contributed by atoms with Crippen molar-refractivity contribution in [3.05, 3.63) is 29.6 Å². The van der Waals surface area contributed by atoms with Crippen molar-refractivity contribution in [2.75, 3.05) is 0 Å². The summed E-state index contributed by atoms with van der Waals surface area (Å²) in [5.41, 5.74) is -2.46. The molecule has 0 fully saturated rings. The quantitative estimate of drug-likeness (QED) is 0.527. The molecule has 0 aliphatic carbocycles. The monoisotopic (exact) mass is 293 g/mol. The van der Waals surface area contributed by atoms with Gasteiger partial charge in [-0.3, -0.25) is 0 Å². The molecule has 0 aromatic heterocycles. The molecule has 0 saturated heterocycles. The molecule has 9 heteroatoms. The number of hydrogen-bond donors (Lipinski definition) is 0. The van der Waals surface area contributed by atoms with Crippen molar-refractivity contribution in [1.82, 2.24) is 0 Å². The van der Waals surface area contributed by atoms with Gasteiger partial charge in [-0.25, -0.2) is 9.38 Å². The smallest absolute Gasteiger partial charge is 0.229 e. The standard InChI is InChI=1S/C9H3ClF7N/c10-7(9(15,16)17)18-6-3-4(8(12,13)14)1-2-5(6)11/h1-3H. The van der Waals surface area contributed by atoms with Gasteiger partial charge >= 0.3 is 12.4 Å². The highest BCUT2D eigenvalue weighted by Crippen LogP contribution is 2.33. The van der Waals surface area contributed by atoms with E-state index in [2.05, 4.69) is 4.99 Å². The third-order valence-corrected chi connectivity index (χ3v) is 2.02. The Labute approximate surface area is 101 Å². The molecule has 18 heavy (non-hydrogen) atoms. The number of alkyl halides is 6. The first-order valence-corrected chi connectivity index (χ1v) is 4.58. The minimum Gasteiger partial charge on any atom is -0.229 e. The second-order valence-corrected chi connectivity index (χ2v) is 3.42. The zero-order valence-corrected chi connectivity index (χ0v) is 8.96. The molecule has 1 nitrogen and oxygen atoms in total. The van der Waals surface area contributed by atoms with E-state index in [9.17, 15) is 30.7 Å². The predicted octanol–water partition coefficient (Wildman–Crippen LogP) is 4.68. The van der Waals surface area contributed by atoms with Crippen LogP contribution in [-0.2, 0) is 6.18 Å². The highest BCUT2D eigenvalue weighted by Gasteiger charge is 2.35. The van der Waals surface area contributed by atoms with Crippen LogP contribution < -0.4 is 0 Å². The minimum absolute atomic E-state index is 0.142. The Morgan fingerprint density at radius 1 is 1.06 bits per heavy atom. The van der Waals surface area contributed by atoms with Crippen LogP contribution in [-0.4, -0.2) is 11.3 Å². The predicted molar refractivity (Wildman–Crippen MR) is 50.4 cm³/mol. The van der Waals surface area contributed by atoms with E-state index in [0.717, 1.165) is 0 Å². The first kappa shape index (κ1) is 14.7. The lowest BCUT2D eigenvalue weighted by Gasteiger charge is -2.08. The van der Waals surface area contributed by atoms with Gasteiger partial charge in [0.25, 0.3) is 0 Å². The van der Waals surface area contributed by atoms with E-state index in [0.29, 0.717) is 12.1 Å². The molecule has 0 radical (unpaired) electrons. The highest BCUT2D eigenvalue weighted by molar-refractivity contribution is 6.67. The van der Waals surface area contributed by atoms with Crippen LogP contribution >= 0.6 is 11.6 Å². The lowest BCUT2D eigenvalue weighted by atomic mass is 10.2. The maximum atomic E-state index is 13.0. The number of aliphatic imine (C=N–C) groups is 1. The third-order valence-electron chi connectivity index (χ3n) is 1.73. The van der Waals surface area contributed by atoms with Gasteiger partial charge in [0.05, 0.1) is 5.56 Å². The van der Waals surface area contributed by atoms with Crippen LogP contribution in [0.4, 0.5) is 36.4 Å². The van der Waals surface area contributed by atoms with Crippen molar-refractivity contribution < 1.29 is 30.7 Å². The molecule has 0 aliphatic heterocycles. The fraction of sp³-hybridized carbons (Fsp3) is 0.222. The second-order valence-electron chi connectivity index (χ2n) is 3.06. The van der Waals surface area contributed by atoms with Crippen LogP contribution in [0.2, 0.25) is 0 Å². The van der Waals surface area contributed by atoms with Gasteiger partial charge < -0.3 is 0 Å². The molecule has 1 aromatic carbocycles. The first-order valence-electron chi connectivity index (χ1n) is 4.20. The molecule has 0 heterocycles. The Balaban J connectivity index is 3.26. The maximum Gasteiger partial charge on any atom is 0.444 e. The van der Waals surface area contributed by atoms with Crippen LogP contribution in [0.25, 0.3) is 0 Å². The topological polar surface area (TPSA) is 12.4 Å². The van der Waals surface area contributed by atoms with E-state index in [-0.39, 0.29) is 6.07 Å². The summed E-state index contributed by atoms with van der Waals surface area (Å²) in [4.78, 5) is 2.59. The number of nitrogens with zero attached hydrogens (tertiary/aromatic N) is 1. The molecule has 0 spiro atoms. The zero-order valence-electron chi connectivity index (χ0n) is 8.20. The lowest BCUT2D eigenvalue weighted by molar-refractivity contribution is -0.137. The average Bonchev–Trinajstić information content (AvgIpc) is 2.18. The van der Waals surface area contributed by atoms with Crippen molar-refractivity contribution >= 4 is 22.5 Å². The minimum atomic E-state index is -5.05. The molecule has 0 amide bonds. The Bertz CT molecular complexity index is 475. The number of rotatable bonds is 1. The lowest BCUT2D eigenvalue weighted by Crippen LogP contribution is -2.16. The van der Waals surface area contributed by atoms with Crippen molar-refractivity contribution in [2.45, 2.75) is 12.4 Å². The summed E-state index contributed by atoms with van der Waals surface area (Å²) in [6, 6.07) is 0.890. The maximum absolute atomic E-state index is 13.0. The number of halogens is 8. The van der Waals surface area contributed by atoms with Crippen molar-refractivity contribution in [2.24, 2.45) is 4.99 Å². The van der Waals surface area contributed by atoms with Crippen LogP contribution in [0.5, 0.6) is 0 Å². The van der Waals surface area contributed by atoms with E-state index >= 15 is 0 Å².